The number of halogens is 1. The fourth-order valence-electron chi connectivity index (χ4n) is 2.39. The minimum atomic E-state index is -0.331. The number of nitrogens with one attached hydrogen (secondary N) is 1. The van der Waals surface area contributed by atoms with Gasteiger partial charge in [0.2, 0.25) is 6.41 Å². The van der Waals surface area contributed by atoms with Gasteiger partial charge in [0.15, 0.2) is 0 Å². The summed E-state index contributed by atoms with van der Waals surface area (Å²) in [7, 11) is 0. The lowest BCUT2D eigenvalue weighted by molar-refractivity contribution is -0.118. The normalized spacial score (nSPS) is 14.4. The first-order chi connectivity index (χ1) is 11.7. The minimum absolute atomic E-state index is 0.236. The number of hydrogen-bond donors (Lipinski definition) is 1. The van der Waals surface area contributed by atoms with Gasteiger partial charge in [-0.25, -0.2) is 9.97 Å². The number of piperazine rings is 1. The van der Waals surface area contributed by atoms with Crippen LogP contribution in [-0.2, 0) is 4.79 Å². The van der Waals surface area contributed by atoms with Gasteiger partial charge >= 0.3 is 0 Å². The molecule has 2 aromatic rings. The van der Waals surface area contributed by atoms with E-state index in [4.69, 9.17) is 11.6 Å². The molecular formula is C16H16ClN5O2. The first-order valence-electron chi connectivity index (χ1n) is 7.49. The molecule has 0 radical (unpaired) electrons. The fourth-order valence-corrected chi connectivity index (χ4v) is 2.51. The lowest BCUT2D eigenvalue weighted by Gasteiger charge is -2.33. The molecule has 2 amide bonds. The second-order valence-corrected chi connectivity index (χ2v) is 5.79. The maximum absolute atomic E-state index is 12.2. The molecule has 3 rings (SSSR count). The first-order valence-corrected chi connectivity index (χ1v) is 7.87. The number of anilines is 2. The Bertz CT molecular complexity index is 712. The summed E-state index contributed by atoms with van der Waals surface area (Å²) in [5, 5.41) is 3.34. The third-order valence-electron chi connectivity index (χ3n) is 3.76. The molecule has 0 saturated carbocycles. The second-order valence-electron chi connectivity index (χ2n) is 5.35. The van der Waals surface area contributed by atoms with E-state index in [1.807, 2.05) is 4.90 Å². The highest BCUT2D eigenvalue weighted by molar-refractivity contribution is 6.30. The summed E-state index contributed by atoms with van der Waals surface area (Å²) in [5.41, 5.74) is 0.875. The Morgan fingerprint density at radius 2 is 1.79 bits per heavy atom. The average molecular weight is 346 g/mol. The highest BCUT2D eigenvalue weighted by atomic mass is 35.5. The molecule has 1 fully saturated rings. The van der Waals surface area contributed by atoms with Crippen molar-refractivity contribution in [2.75, 3.05) is 36.4 Å². The number of amides is 2. The highest BCUT2D eigenvalue weighted by Crippen LogP contribution is 2.15. The van der Waals surface area contributed by atoms with Gasteiger partial charge in [0.1, 0.15) is 11.5 Å². The van der Waals surface area contributed by atoms with E-state index in [1.165, 1.54) is 6.20 Å². The van der Waals surface area contributed by atoms with Crippen LogP contribution in [0.4, 0.5) is 11.5 Å². The molecule has 0 aliphatic carbocycles. The number of carbonyl (C=O) groups is 2. The van der Waals surface area contributed by atoms with Crippen LogP contribution in [0.1, 0.15) is 10.5 Å². The topological polar surface area (TPSA) is 78.4 Å². The number of hydrogen-bond acceptors (Lipinski definition) is 5. The Morgan fingerprint density at radius 3 is 2.38 bits per heavy atom. The first kappa shape index (κ1) is 16.2. The van der Waals surface area contributed by atoms with Gasteiger partial charge in [-0.15, -0.1) is 0 Å². The Labute approximate surface area is 144 Å². The van der Waals surface area contributed by atoms with E-state index in [0.29, 0.717) is 42.7 Å². The minimum Gasteiger partial charge on any atom is -0.352 e. The average Bonchev–Trinajstić information content (AvgIpc) is 2.64. The molecule has 124 valence electrons. The summed E-state index contributed by atoms with van der Waals surface area (Å²) < 4.78 is 0. The standard InChI is InChI=1S/C16H16ClN5O2/c17-12-1-3-13(4-2-12)20-16(24)14-9-19-15(10-18-14)22-7-5-21(11-23)6-8-22/h1-4,9-11H,5-8H2,(H,20,24). The highest BCUT2D eigenvalue weighted by Gasteiger charge is 2.17. The third kappa shape index (κ3) is 3.80. The van der Waals surface area contributed by atoms with Crippen molar-refractivity contribution in [3.63, 3.8) is 0 Å². The molecule has 24 heavy (non-hydrogen) atoms. The van der Waals surface area contributed by atoms with Crippen LogP contribution in [0, 0.1) is 0 Å². The predicted molar refractivity (Wildman–Crippen MR) is 91.3 cm³/mol. The Balaban J connectivity index is 1.62. The monoisotopic (exact) mass is 345 g/mol. The summed E-state index contributed by atoms with van der Waals surface area (Å²) in [5.74, 6) is 0.366. The third-order valence-corrected chi connectivity index (χ3v) is 4.01. The van der Waals surface area contributed by atoms with E-state index in [2.05, 4.69) is 15.3 Å². The lowest BCUT2D eigenvalue weighted by atomic mass is 10.3. The van der Waals surface area contributed by atoms with Gasteiger partial charge in [0.25, 0.3) is 5.91 Å². The quantitative estimate of drug-likeness (QED) is 0.853. The molecule has 0 atom stereocenters. The maximum Gasteiger partial charge on any atom is 0.275 e. The van der Waals surface area contributed by atoms with Crippen LogP contribution in [0.5, 0.6) is 0 Å². The van der Waals surface area contributed by atoms with Crippen molar-refractivity contribution in [2.24, 2.45) is 0 Å². The zero-order valence-electron chi connectivity index (χ0n) is 12.9. The summed E-state index contributed by atoms with van der Waals surface area (Å²) in [6.07, 6.45) is 3.88. The van der Waals surface area contributed by atoms with Gasteiger partial charge in [0.05, 0.1) is 12.4 Å². The molecular weight excluding hydrogens is 330 g/mol. The van der Waals surface area contributed by atoms with Crippen molar-refractivity contribution in [3.05, 3.63) is 47.4 Å². The summed E-state index contributed by atoms with van der Waals surface area (Å²) in [6, 6.07) is 6.83. The van der Waals surface area contributed by atoms with Crippen molar-refractivity contribution in [3.8, 4) is 0 Å². The van der Waals surface area contributed by atoms with Crippen molar-refractivity contribution in [2.45, 2.75) is 0 Å². The molecule has 1 aliphatic rings. The molecule has 0 spiro atoms. The molecule has 1 N–H and O–H groups in total. The molecule has 1 aromatic heterocycles. The van der Waals surface area contributed by atoms with Crippen LogP contribution in [0.15, 0.2) is 36.7 Å². The Hall–Kier alpha value is -2.67. The molecule has 0 bridgehead atoms. The number of carbonyl (C=O) groups excluding carboxylic acids is 2. The molecule has 2 heterocycles. The van der Waals surface area contributed by atoms with Gasteiger partial charge in [-0.05, 0) is 24.3 Å². The number of rotatable bonds is 4. The number of benzene rings is 1. The Kier molecular flexibility index (Phi) is 4.90. The second kappa shape index (κ2) is 7.27. The molecule has 7 nitrogen and oxygen atoms in total. The molecule has 1 saturated heterocycles. The van der Waals surface area contributed by atoms with Crippen molar-refractivity contribution in [1.82, 2.24) is 14.9 Å². The lowest BCUT2D eigenvalue weighted by Crippen LogP contribution is -2.46. The van der Waals surface area contributed by atoms with Crippen LogP contribution in [-0.4, -0.2) is 53.4 Å². The molecule has 1 aliphatic heterocycles. The van der Waals surface area contributed by atoms with Crippen LogP contribution < -0.4 is 10.2 Å². The summed E-state index contributed by atoms with van der Waals surface area (Å²) in [6.45, 7) is 2.71. The van der Waals surface area contributed by atoms with E-state index in [1.54, 1.807) is 35.4 Å². The van der Waals surface area contributed by atoms with E-state index in [9.17, 15) is 9.59 Å². The van der Waals surface area contributed by atoms with E-state index < -0.39 is 0 Å². The largest absolute Gasteiger partial charge is 0.352 e. The zero-order chi connectivity index (χ0) is 16.9. The predicted octanol–water partition coefficient (Wildman–Crippen LogP) is 1.66. The van der Waals surface area contributed by atoms with E-state index in [0.717, 1.165) is 6.41 Å². The summed E-state index contributed by atoms with van der Waals surface area (Å²) >= 11 is 5.81. The summed E-state index contributed by atoms with van der Waals surface area (Å²) in [4.78, 5) is 35.1. The van der Waals surface area contributed by atoms with Crippen LogP contribution in [0.2, 0.25) is 5.02 Å². The van der Waals surface area contributed by atoms with Gasteiger partial charge < -0.3 is 15.1 Å². The van der Waals surface area contributed by atoms with Crippen molar-refractivity contribution < 1.29 is 9.59 Å². The molecule has 0 unspecified atom stereocenters. The van der Waals surface area contributed by atoms with Gasteiger partial charge in [-0.1, -0.05) is 11.6 Å². The van der Waals surface area contributed by atoms with Crippen LogP contribution in [0.25, 0.3) is 0 Å². The van der Waals surface area contributed by atoms with Gasteiger partial charge in [-0.2, -0.15) is 0 Å². The fraction of sp³-hybridized carbons (Fsp3) is 0.250. The van der Waals surface area contributed by atoms with Crippen LogP contribution in [0.3, 0.4) is 0 Å². The molecule has 1 aromatic carbocycles. The van der Waals surface area contributed by atoms with Gasteiger partial charge in [-0.3, -0.25) is 9.59 Å². The molecule has 8 heteroatoms. The van der Waals surface area contributed by atoms with Crippen molar-refractivity contribution in [1.29, 1.82) is 0 Å². The van der Waals surface area contributed by atoms with Crippen LogP contribution >= 0.6 is 11.6 Å². The van der Waals surface area contributed by atoms with Crippen molar-refractivity contribution >= 4 is 35.4 Å². The van der Waals surface area contributed by atoms with E-state index >= 15 is 0 Å². The van der Waals surface area contributed by atoms with Gasteiger partial charge in [0, 0.05) is 36.9 Å². The SMILES string of the molecule is O=CN1CCN(c2cnc(C(=O)Nc3ccc(Cl)cc3)cn2)CC1. The number of aromatic nitrogens is 2. The maximum atomic E-state index is 12.2. The number of nitrogens with zero attached hydrogens (tertiary/aromatic N) is 4. The zero-order valence-corrected chi connectivity index (χ0v) is 13.6. The Morgan fingerprint density at radius 1 is 1.08 bits per heavy atom. The van der Waals surface area contributed by atoms with E-state index in [-0.39, 0.29) is 11.6 Å². The smallest absolute Gasteiger partial charge is 0.275 e.